The fourth-order valence-electron chi connectivity index (χ4n) is 3.03. The Bertz CT molecular complexity index is 1030. The van der Waals surface area contributed by atoms with E-state index in [0.717, 1.165) is 15.8 Å². The Morgan fingerprint density at radius 3 is 2.88 bits per heavy atom. The Morgan fingerprint density at radius 2 is 2.04 bits per heavy atom. The van der Waals surface area contributed by atoms with Crippen molar-refractivity contribution in [3.05, 3.63) is 68.5 Å². The number of rotatable bonds is 2. The molecule has 0 saturated heterocycles. The average Bonchev–Trinajstić information content (AvgIpc) is 2.63. The fraction of sp³-hybridized carbons (Fsp3) is 0.167. The first-order valence-corrected chi connectivity index (χ1v) is 8.63. The molecule has 2 N–H and O–H groups in total. The maximum absolute atomic E-state index is 12.8. The molecule has 0 saturated carbocycles. The lowest BCUT2D eigenvalue weighted by molar-refractivity contribution is 0.0920. The van der Waals surface area contributed by atoms with Gasteiger partial charge in [0.25, 0.3) is 11.5 Å². The van der Waals surface area contributed by atoms with Crippen molar-refractivity contribution in [1.29, 1.82) is 0 Å². The van der Waals surface area contributed by atoms with Gasteiger partial charge in [0.1, 0.15) is 5.75 Å². The summed E-state index contributed by atoms with van der Waals surface area (Å²) in [5, 5.41) is 10.3. The van der Waals surface area contributed by atoms with Gasteiger partial charge in [-0.15, -0.1) is 0 Å². The Hall–Kier alpha value is -2.67. The van der Waals surface area contributed by atoms with E-state index in [4.69, 9.17) is 4.74 Å². The van der Waals surface area contributed by atoms with Crippen molar-refractivity contribution in [3.63, 3.8) is 0 Å². The van der Waals surface area contributed by atoms with Crippen molar-refractivity contribution in [1.82, 2.24) is 15.5 Å². The second kappa shape index (κ2) is 6.33. The number of benzene rings is 2. The number of halogens is 1. The average molecular weight is 400 g/mol. The molecule has 0 bridgehead atoms. The number of hydrogen-bond donors (Lipinski definition) is 2. The van der Waals surface area contributed by atoms with E-state index in [0.29, 0.717) is 23.8 Å². The van der Waals surface area contributed by atoms with Gasteiger partial charge < -0.3 is 10.1 Å². The topological polar surface area (TPSA) is 84.1 Å². The lowest BCUT2D eigenvalue weighted by atomic mass is 10.00. The monoisotopic (exact) mass is 399 g/mol. The van der Waals surface area contributed by atoms with Crippen LogP contribution in [0.2, 0.25) is 0 Å². The molecule has 1 atom stereocenters. The van der Waals surface area contributed by atoms with Crippen LogP contribution in [0.25, 0.3) is 10.8 Å². The van der Waals surface area contributed by atoms with Gasteiger partial charge in [-0.1, -0.05) is 34.1 Å². The highest BCUT2D eigenvalue weighted by molar-refractivity contribution is 9.10. The summed E-state index contributed by atoms with van der Waals surface area (Å²) in [4.78, 5) is 24.7. The molecule has 1 aliphatic rings. The van der Waals surface area contributed by atoms with Crippen molar-refractivity contribution in [2.45, 2.75) is 12.5 Å². The lowest BCUT2D eigenvalue weighted by Gasteiger charge is -2.26. The minimum atomic E-state index is -0.328. The summed E-state index contributed by atoms with van der Waals surface area (Å²) in [7, 11) is 0. The number of nitrogens with zero attached hydrogens (tertiary/aromatic N) is 1. The Morgan fingerprint density at radius 1 is 1.24 bits per heavy atom. The van der Waals surface area contributed by atoms with Gasteiger partial charge in [-0.25, -0.2) is 5.10 Å². The third-order valence-corrected chi connectivity index (χ3v) is 4.72. The SMILES string of the molecule is O=C(NC1CCOc2ccc(Br)cc21)c1n[nH]c(=O)c2ccccc12. The van der Waals surface area contributed by atoms with Gasteiger partial charge in [-0.3, -0.25) is 9.59 Å². The van der Waals surface area contributed by atoms with Gasteiger partial charge in [0, 0.05) is 21.8 Å². The molecule has 0 radical (unpaired) electrons. The van der Waals surface area contributed by atoms with Crippen molar-refractivity contribution in [3.8, 4) is 5.75 Å². The van der Waals surface area contributed by atoms with Crippen molar-refractivity contribution in [2.24, 2.45) is 0 Å². The van der Waals surface area contributed by atoms with Crippen LogP contribution in [-0.2, 0) is 0 Å². The van der Waals surface area contributed by atoms with Gasteiger partial charge in [0.05, 0.1) is 18.0 Å². The zero-order chi connectivity index (χ0) is 17.4. The zero-order valence-corrected chi connectivity index (χ0v) is 14.7. The highest BCUT2D eigenvalue weighted by Crippen LogP contribution is 2.34. The molecule has 0 fully saturated rings. The number of carbonyl (C=O) groups is 1. The zero-order valence-electron chi connectivity index (χ0n) is 13.1. The summed E-state index contributed by atoms with van der Waals surface area (Å²) in [6, 6.07) is 12.5. The van der Waals surface area contributed by atoms with Crippen LogP contribution in [0.1, 0.15) is 28.5 Å². The van der Waals surface area contributed by atoms with E-state index in [1.165, 1.54) is 0 Å². The quantitative estimate of drug-likeness (QED) is 0.693. The second-order valence-electron chi connectivity index (χ2n) is 5.79. The standard InChI is InChI=1S/C18H14BrN3O3/c19-10-5-6-15-13(9-10)14(7-8-25-15)20-18(24)16-11-3-1-2-4-12(11)17(23)22-21-16/h1-6,9,14H,7-8H2,(H,20,24)(H,22,23). The van der Waals surface area contributed by atoms with Crippen molar-refractivity contribution >= 4 is 32.6 Å². The molecule has 2 aromatic carbocycles. The minimum absolute atomic E-state index is 0.179. The number of fused-ring (bicyclic) bond motifs is 2. The van der Waals surface area contributed by atoms with Crippen LogP contribution >= 0.6 is 15.9 Å². The molecule has 126 valence electrons. The highest BCUT2D eigenvalue weighted by atomic mass is 79.9. The van der Waals surface area contributed by atoms with Crippen LogP contribution in [0.3, 0.4) is 0 Å². The van der Waals surface area contributed by atoms with E-state index in [2.05, 4.69) is 31.4 Å². The number of hydrogen-bond acceptors (Lipinski definition) is 4. The number of aromatic amines is 1. The van der Waals surface area contributed by atoms with Gasteiger partial charge in [-0.05, 0) is 24.3 Å². The van der Waals surface area contributed by atoms with Crippen LogP contribution < -0.4 is 15.6 Å². The van der Waals surface area contributed by atoms with Gasteiger partial charge in [0.15, 0.2) is 5.69 Å². The number of nitrogens with one attached hydrogen (secondary N) is 2. The summed E-state index contributed by atoms with van der Waals surface area (Å²) < 4.78 is 6.57. The molecule has 0 aliphatic carbocycles. The van der Waals surface area contributed by atoms with E-state index in [1.807, 2.05) is 18.2 Å². The smallest absolute Gasteiger partial charge is 0.272 e. The molecule has 2 heterocycles. The lowest BCUT2D eigenvalue weighted by Crippen LogP contribution is -2.33. The fourth-order valence-corrected chi connectivity index (χ4v) is 3.41. The van der Waals surface area contributed by atoms with Crippen LogP contribution in [0.15, 0.2) is 51.7 Å². The maximum atomic E-state index is 12.8. The molecule has 1 aliphatic heterocycles. The van der Waals surface area contributed by atoms with Crippen molar-refractivity contribution < 1.29 is 9.53 Å². The van der Waals surface area contributed by atoms with E-state index in [1.54, 1.807) is 24.3 Å². The molecule has 25 heavy (non-hydrogen) atoms. The van der Waals surface area contributed by atoms with Crippen molar-refractivity contribution in [2.75, 3.05) is 6.61 Å². The van der Waals surface area contributed by atoms with Crippen LogP contribution in [-0.4, -0.2) is 22.7 Å². The van der Waals surface area contributed by atoms with Gasteiger partial charge >= 0.3 is 0 Å². The summed E-state index contributed by atoms with van der Waals surface area (Å²) >= 11 is 3.45. The Kier molecular flexibility index (Phi) is 4.01. The molecule has 0 spiro atoms. The number of amides is 1. The normalized spacial score (nSPS) is 16.1. The summed E-state index contributed by atoms with van der Waals surface area (Å²) in [5.74, 6) is 0.435. The van der Waals surface area contributed by atoms with Crippen LogP contribution in [0.5, 0.6) is 5.75 Å². The minimum Gasteiger partial charge on any atom is -0.493 e. The Balaban J connectivity index is 1.70. The molecule has 3 aromatic rings. The highest BCUT2D eigenvalue weighted by Gasteiger charge is 2.25. The summed E-state index contributed by atoms with van der Waals surface area (Å²) in [6.07, 6.45) is 0.663. The first-order valence-electron chi connectivity index (χ1n) is 7.84. The first kappa shape index (κ1) is 15.8. The second-order valence-corrected chi connectivity index (χ2v) is 6.71. The Labute approximate surface area is 151 Å². The number of H-pyrrole nitrogens is 1. The van der Waals surface area contributed by atoms with E-state index >= 15 is 0 Å². The molecule has 1 amide bonds. The number of aromatic nitrogens is 2. The third-order valence-electron chi connectivity index (χ3n) is 4.23. The molecule has 1 aromatic heterocycles. The molecule has 4 rings (SSSR count). The predicted molar refractivity (Wildman–Crippen MR) is 96.8 cm³/mol. The van der Waals surface area contributed by atoms with E-state index in [9.17, 15) is 9.59 Å². The van der Waals surface area contributed by atoms with Crippen LogP contribution in [0, 0.1) is 0 Å². The predicted octanol–water partition coefficient (Wildman–Crippen LogP) is 2.94. The molecule has 6 nitrogen and oxygen atoms in total. The largest absolute Gasteiger partial charge is 0.493 e. The number of carbonyl (C=O) groups excluding carboxylic acids is 1. The van der Waals surface area contributed by atoms with Crippen LogP contribution in [0.4, 0.5) is 0 Å². The first-order chi connectivity index (χ1) is 12.1. The molecule has 7 heteroatoms. The number of ether oxygens (including phenoxy) is 1. The van der Waals surface area contributed by atoms with E-state index < -0.39 is 0 Å². The van der Waals surface area contributed by atoms with Gasteiger partial charge in [0.2, 0.25) is 0 Å². The van der Waals surface area contributed by atoms with Gasteiger partial charge in [-0.2, -0.15) is 5.10 Å². The summed E-state index contributed by atoms with van der Waals surface area (Å²) in [6.45, 7) is 0.527. The third kappa shape index (κ3) is 2.91. The molecule has 1 unspecified atom stereocenters. The maximum Gasteiger partial charge on any atom is 0.272 e. The molecular formula is C18H14BrN3O3. The summed E-state index contributed by atoms with van der Waals surface area (Å²) in [5.41, 5.74) is 0.813. The molecular weight excluding hydrogens is 386 g/mol. The van der Waals surface area contributed by atoms with E-state index in [-0.39, 0.29) is 23.2 Å².